The Morgan fingerprint density at radius 3 is 2.48 bits per heavy atom. The van der Waals surface area contributed by atoms with E-state index >= 15 is 0 Å². The second-order valence-electron chi connectivity index (χ2n) is 5.96. The Bertz CT molecular complexity index is 755. The Kier molecular flexibility index (Phi) is 2.52. The summed E-state index contributed by atoms with van der Waals surface area (Å²) in [5.41, 5.74) is 4.99. The van der Waals surface area contributed by atoms with Gasteiger partial charge in [-0.15, -0.1) is 0 Å². The van der Waals surface area contributed by atoms with E-state index in [-0.39, 0.29) is 11.6 Å². The van der Waals surface area contributed by atoms with E-state index < -0.39 is 0 Å². The van der Waals surface area contributed by atoms with Gasteiger partial charge < -0.3 is 9.80 Å². The van der Waals surface area contributed by atoms with Crippen LogP contribution in [0.3, 0.4) is 0 Å². The van der Waals surface area contributed by atoms with Crippen LogP contribution in [0.1, 0.15) is 22.3 Å². The first kappa shape index (κ1) is 12.6. The predicted molar refractivity (Wildman–Crippen MR) is 79.5 cm³/mol. The fourth-order valence-corrected chi connectivity index (χ4v) is 3.35. The molecule has 0 radical (unpaired) electrons. The predicted octanol–water partition coefficient (Wildman–Crippen LogP) is 3.88. The monoisotopic (exact) mass is 286 g/mol. The highest BCUT2D eigenvalue weighted by Gasteiger charge is 2.31. The highest BCUT2D eigenvalue weighted by atomic mass is 19.1. The summed E-state index contributed by atoms with van der Waals surface area (Å²) in [5.74, 6) is -0.337. The summed E-state index contributed by atoms with van der Waals surface area (Å²) in [7, 11) is 0. The third-order valence-corrected chi connectivity index (χ3v) is 4.50. The Labute approximate surface area is 122 Å². The van der Waals surface area contributed by atoms with Crippen molar-refractivity contribution >= 4 is 11.4 Å². The maximum absolute atomic E-state index is 14.4. The number of aryl methyl sites for hydroxylation is 2. The quantitative estimate of drug-likeness (QED) is 0.725. The van der Waals surface area contributed by atoms with Gasteiger partial charge in [-0.1, -0.05) is 6.07 Å². The van der Waals surface area contributed by atoms with E-state index in [0.29, 0.717) is 36.4 Å². The second kappa shape index (κ2) is 4.20. The average Bonchev–Trinajstić information content (AvgIpc) is 2.46. The molecule has 21 heavy (non-hydrogen) atoms. The van der Waals surface area contributed by atoms with Gasteiger partial charge in [0.2, 0.25) is 0 Å². The first-order valence-corrected chi connectivity index (χ1v) is 7.11. The van der Waals surface area contributed by atoms with E-state index in [1.54, 1.807) is 19.9 Å². The van der Waals surface area contributed by atoms with Crippen LogP contribution in [-0.2, 0) is 13.1 Å². The lowest BCUT2D eigenvalue weighted by atomic mass is 9.98. The first-order chi connectivity index (χ1) is 10.0. The minimum atomic E-state index is -0.197. The van der Waals surface area contributed by atoms with E-state index in [0.717, 1.165) is 16.9 Å². The number of anilines is 2. The lowest BCUT2D eigenvalue weighted by Crippen LogP contribution is -2.46. The fourth-order valence-electron chi connectivity index (χ4n) is 3.35. The molecule has 2 bridgehead atoms. The number of hydrogen-bond acceptors (Lipinski definition) is 2. The molecule has 0 aromatic heterocycles. The van der Waals surface area contributed by atoms with Crippen LogP contribution in [0.15, 0.2) is 24.3 Å². The van der Waals surface area contributed by atoms with Crippen molar-refractivity contribution in [2.75, 3.05) is 16.5 Å². The van der Waals surface area contributed by atoms with Gasteiger partial charge in [0.05, 0.1) is 6.67 Å². The Morgan fingerprint density at radius 2 is 1.67 bits per heavy atom. The SMILES string of the molecule is Cc1cc2c(cc1F)N1Cc3c(ccc(C)c3F)N(C2)C1. The zero-order valence-corrected chi connectivity index (χ0v) is 12.1. The molecule has 0 atom stereocenters. The number of hydrogen-bond donors (Lipinski definition) is 0. The van der Waals surface area contributed by atoms with Crippen LogP contribution in [0.5, 0.6) is 0 Å². The van der Waals surface area contributed by atoms with E-state index in [2.05, 4.69) is 4.90 Å². The zero-order chi connectivity index (χ0) is 14.7. The summed E-state index contributed by atoms with van der Waals surface area (Å²) in [6.07, 6.45) is 0. The van der Waals surface area contributed by atoms with Crippen molar-refractivity contribution < 1.29 is 8.78 Å². The van der Waals surface area contributed by atoms with Crippen LogP contribution < -0.4 is 9.80 Å². The van der Waals surface area contributed by atoms with E-state index in [1.807, 2.05) is 23.1 Å². The van der Waals surface area contributed by atoms with E-state index in [9.17, 15) is 8.78 Å². The molecule has 0 N–H and O–H groups in total. The third kappa shape index (κ3) is 1.75. The first-order valence-electron chi connectivity index (χ1n) is 7.11. The van der Waals surface area contributed by atoms with E-state index in [4.69, 9.17) is 0 Å². The summed E-state index contributed by atoms with van der Waals surface area (Å²) in [6, 6.07) is 7.31. The van der Waals surface area contributed by atoms with Gasteiger partial charge in [0.25, 0.3) is 0 Å². The molecule has 0 saturated carbocycles. The number of halogens is 2. The molecule has 4 rings (SSSR count). The molecule has 0 amide bonds. The summed E-state index contributed by atoms with van der Waals surface area (Å²) < 4.78 is 28.2. The standard InChI is InChI=1S/C17H16F2N2/c1-10-3-4-15-13(17(10)19)8-21-9-20(15)7-12-5-11(2)14(18)6-16(12)21/h3-6H,7-9H2,1-2H3. The minimum Gasteiger partial charge on any atom is -0.349 e. The van der Waals surface area contributed by atoms with Crippen molar-refractivity contribution in [2.45, 2.75) is 26.9 Å². The Balaban J connectivity index is 1.86. The topological polar surface area (TPSA) is 6.48 Å². The second-order valence-corrected chi connectivity index (χ2v) is 5.96. The van der Waals surface area contributed by atoms with Gasteiger partial charge in [0.1, 0.15) is 11.6 Å². The molecular weight excluding hydrogens is 270 g/mol. The minimum absolute atomic E-state index is 0.141. The lowest BCUT2D eigenvalue weighted by molar-refractivity contribution is 0.567. The van der Waals surface area contributed by atoms with Crippen molar-refractivity contribution in [2.24, 2.45) is 0 Å². The zero-order valence-electron chi connectivity index (χ0n) is 12.1. The summed E-state index contributed by atoms with van der Waals surface area (Å²) >= 11 is 0. The molecule has 2 heterocycles. The van der Waals surface area contributed by atoms with Crippen molar-refractivity contribution in [3.05, 3.63) is 58.2 Å². The smallest absolute Gasteiger partial charge is 0.133 e. The maximum Gasteiger partial charge on any atom is 0.133 e. The van der Waals surface area contributed by atoms with Crippen LogP contribution in [0.4, 0.5) is 20.2 Å². The Hall–Kier alpha value is -2.10. The van der Waals surface area contributed by atoms with Crippen molar-refractivity contribution in [3.8, 4) is 0 Å². The Morgan fingerprint density at radius 1 is 0.905 bits per heavy atom. The molecule has 2 aliphatic heterocycles. The average molecular weight is 286 g/mol. The molecule has 0 aliphatic carbocycles. The van der Waals surface area contributed by atoms with Gasteiger partial charge in [0, 0.05) is 30.0 Å². The van der Waals surface area contributed by atoms with Gasteiger partial charge in [0.15, 0.2) is 0 Å². The lowest BCUT2D eigenvalue weighted by Gasteiger charge is -2.45. The van der Waals surface area contributed by atoms with E-state index in [1.165, 1.54) is 0 Å². The van der Waals surface area contributed by atoms with Gasteiger partial charge >= 0.3 is 0 Å². The molecule has 0 unspecified atom stereocenters. The number of rotatable bonds is 0. The molecule has 2 aromatic rings. The van der Waals surface area contributed by atoms with Crippen LogP contribution in [-0.4, -0.2) is 6.67 Å². The van der Waals surface area contributed by atoms with Crippen LogP contribution in [0.2, 0.25) is 0 Å². The van der Waals surface area contributed by atoms with Gasteiger partial charge in [-0.25, -0.2) is 8.78 Å². The number of fused-ring (bicyclic) bond motifs is 6. The number of nitrogens with zero attached hydrogens (tertiary/aromatic N) is 2. The van der Waals surface area contributed by atoms with Gasteiger partial charge in [-0.05, 0) is 48.7 Å². The van der Waals surface area contributed by atoms with Crippen LogP contribution in [0.25, 0.3) is 0 Å². The molecular formula is C17H16F2N2. The van der Waals surface area contributed by atoms with Crippen LogP contribution in [0, 0.1) is 25.5 Å². The summed E-state index contributed by atoms with van der Waals surface area (Å²) in [5, 5.41) is 0. The van der Waals surface area contributed by atoms with Crippen molar-refractivity contribution in [1.29, 1.82) is 0 Å². The molecule has 2 aromatic carbocycles. The molecule has 2 nitrogen and oxygen atoms in total. The summed E-state index contributed by atoms with van der Waals surface area (Å²) in [4.78, 5) is 4.20. The highest BCUT2D eigenvalue weighted by molar-refractivity contribution is 5.68. The van der Waals surface area contributed by atoms with Gasteiger partial charge in [-0.3, -0.25) is 0 Å². The molecule has 0 spiro atoms. The highest BCUT2D eigenvalue weighted by Crippen LogP contribution is 2.40. The molecule has 4 heteroatoms. The molecule has 108 valence electrons. The van der Waals surface area contributed by atoms with Crippen LogP contribution >= 0.6 is 0 Å². The maximum atomic E-state index is 14.4. The van der Waals surface area contributed by atoms with Crippen molar-refractivity contribution in [3.63, 3.8) is 0 Å². The van der Waals surface area contributed by atoms with Gasteiger partial charge in [-0.2, -0.15) is 0 Å². The molecule has 2 aliphatic rings. The summed E-state index contributed by atoms with van der Waals surface area (Å²) in [6.45, 7) is 5.44. The normalized spacial score (nSPS) is 15.8. The fraction of sp³-hybridized carbons (Fsp3) is 0.294. The van der Waals surface area contributed by atoms with Crippen molar-refractivity contribution in [1.82, 2.24) is 0 Å². The largest absolute Gasteiger partial charge is 0.349 e. The molecule has 0 saturated heterocycles. The molecule has 0 fully saturated rings. The number of benzene rings is 2. The third-order valence-electron chi connectivity index (χ3n) is 4.50.